The maximum atomic E-state index is 11.2. The van der Waals surface area contributed by atoms with Crippen LogP contribution in [-0.4, -0.2) is 35.6 Å². The van der Waals surface area contributed by atoms with Gasteiger partial charge in [0.25, 0.3) is 0 Å². The Morgan fingerprint density at radius 3 is 2.56 bits per heavy atom. The highest BCUT2D eigenvalue weighted by molar-refractivity contribution is 5.41. The van der Waals surface area contributed by atoms with E-state index in [9.17, 15) is 4.79 Å². The molecule has 0 aromatic carbocycles. The minimum absolute atomic E-state index is 0.0360. The first-order valence-electron chi connectivity index (χ1n) is 5.77. The van der Waals surface area contributed by atoms with E-state index >= 15 is 0 Å². The number of aryl methyl sites for hydroxylation is 1. The lowest BCUT2D eigenvalue weighted by atomic mass is 10.1. The van der Waals surface area contributed by atoms with Crippen molar-refractivity contribution in [3.05, 3.63) is 28.7 Å². The molecule has 1 aliphatic heterocycles. The molecule has 88 valence electrons. The van der Waals surface area contributed by atoms with Crippen LogP contribution in [0.15, 0.2) is 23.1 Å². The molecule has 4 nitrogen and oxygen atoms in total. The van der Waals surface area contributed by atoms with E-state index in [1.165, 1.54) is 12.8 Å². The molecule has 0 aliphatic carbocycles. The zero-order valence-corrected chi connectivity index (χ0v) is 9.94. The molecule has 2 rings (SSSR count). The number of likely N-dealkylation sites (tertiary alicyclic amines) is 1. The Morgan fingerprint density at radius 1 is 1.25 bits per heavy atom. The van der Waals surface area contributed by atoms with E-state index in [0.29, 0.717) is 6.04 Å². The number of nitrogens with one attached hydrogen (secondary N) is 1. The van der Waals surface area contributed by atoms with Gasteiger partial charge in [0.15, 0.2) is 0 Å². The number of hydrogen-bond acceptors (Lipinski definition) is 3. The second-order valence-corrected chi connectivity index (χ2v) is 4.59. The zero-order valence-electron chi connectivity index (χ0n) is 9.94. The van der Waals surface area contributed by atoms with Gasteiger partial charge in [0, 0.05) is 25.4 Å². The maximum Gasteiger partial charge on any atom is 0.250 e. The topological polar surface area (TPSA) is 37.3 Å². The Balaban J connectivity index is 1.98. The van der Waals surface area contributed by atoms with E-state index < -0.39 is 0 Å². The molecule has 4 heteroatoms. The fourth-order valence-corrected chi connectivity index (χ4v) is 2.07. The number of piperidine rings is 1. The summed E-state index contributed by atoms with van der Waals surface area (Å²) in [5.74, 6) is 0. The zero-order chi connectivity index (χ0) is 11.5. The van der Waals surface area contributed by atoms with E-state index in [1.54, 1.807) is 17.7 Å². The van der Waals surface area contributed by atoms with Crippen molar-refractivity contribution in [1.82, 2.24) is 9.47 Å². The molecule has 0 unspecified atom stereocenters. The largest absolute Gasteiger partial charge is 0.381 e. The summed E-state index contributed by atoms with van der Waals surface area (Å²) >= 11 is 0. The molecule has 1 aliphatic rings. The predicted molar refractivity (Wildman–Crippen MR) is 65.8 cm³/mol. The summed E-state index contributed by atoms with van der Waals surface area (Å²) in [6, 6.07) is 4.01. The monoisotopic (exact) mass is 221 g/mol. The fourth-order valence-electron chi connectivity index (χ4n) is 2.07. The third-order valence-electron chi connectivity index (χ3n) is 3.18. The minimum atomic E-state index is 0.0360. The summed E-state index contributed by atoms with van der Waals surface area (Å²) in [6.07, 6.45) is 4.19. The van der Waals surface area contributed by atoms with E-state index in [0.717, 1.165) is 18.8 Å². The standard InChI is InChI=1S/C12H19N3O/c1-14-7-5-10(6-8-14)13-11-3-4-12(16)15(2)9-11/h3-4,9-10,13H,5-8H2,1-2H3. The fraction of sp³-hybridized carbons (Fsp3) is 0.583. The number of anilines is 1. The van der Waals surface area contributed by atoms with Crippen LogP contribution in [0.25, 0.3) is 0 Å². The van der Waals surface area contributed by atoms with Gasteiger partial charge in [-0.25, -0.2) is 0 Å². The van der Waals surface area contributed by atoms with E-state index in [4.69, 9.17) is 0 Å². The van der Waals surface area contributed by atoms with Crippen molar-refractivity contribution in [2.45, 2.75) is 18.9 Å². The highest BCUT2D eigenvalue weighted by Crippen LogP contribution is 2.14. The van der Waals surface area contributed by atoms with Gasteiger partial charge in [0.1, 0.15) is 0 Å². The van der Waals surface area contributed by atoms with Gasteiger partial charge in [0.05, 0.1) is 5.69 Å². The molecule has 0 bridgehead atoms. The van der Waals surface area contributed by atoms with Crippen molar-refractivity contribution in [2.24, 2.45) is 7.05 Å². The van der Waals surface area contributed by atoms with Crippen LogP contribution >= 0.6 is 0 Å². The van der Waals surface area contributed by atoms with Gasteiger partial charge in [-0.05, 0) is 39.0 Å². The van der Waals surface area contributed by atoms with E-state index in [-0.39, 0.29) is 5.56 Å². The molecule has 1 aromatic rings. The Morgan fingerprint density at radius 2 is 1.94 bits per heavy atom. The average molecular weight is 221 g/mol. The molecule has 0 saturated carbocycles. The molecule has 0 spiro atoms. The van der Waals surface area contributed by atoms with Crippen LogP contribution in [0.2, 0.25) is 0 Å². The quantitative estimate of drug-likeness (QED) is 0.806. The summed E-state index contributed by atoms with van der Waals surface area (Å²) < 4.78 is 1.61. The molecular formula is C12H19N3O. The second kappa shape index (κ2) is 4.70. The number of hydrogen-bond donors (Lipinski definition) is 1. The van der Waals surface area contributed by atoms with Gasteiger partial charge < -0.3 is 14.8 Å². The third-order valence-corrected chi connectivity index (χ3v) is 3.18. The first kappa shape index (κ1) is 11.2. The van der Waals surface area contributed by atoms with Crippen LogP contribution in [0.3, 0.4) is 0 Å². The molecule has 1 aromatic heterocycles. The average Bonchev–Trinajstić information content (AvgIpc) is 2.27. The van der Waals surface area contributed by atoms with Crippen LogP contribution in [0, 0.1) is 0 Å². The van der Waals surface area contributed by atoms with Gasteiger partial charge in [-0.3, -0.25) is 4.79 Å². The summed E-state index contributed by atoms with van der Waals surface area (Å²) in [5, 5.41) is 3.48. The molecule has 0 atom stereocenters. The highest BCUT2D eigenvalue weighted by Gasteiger charge is 2.16. The number of rotatable bonds is 2. The van der Waals surface area contributed by atoms with Crippen LogP contribution in [0.1, 0.15) is 12.8 Å². The summed E-state index contributed by atoms with van der Waals surface area (Å²) in [7, 11) is 3.94. The van der Waals surface area contributed by atoms with Crippen molar-refractivity contribution >= 4 is 5.69 Å². The molecular weight excluding hydrogens is 202 g/mol. The Bertz CT molecular complexity index is 405. The minimum Gasteiger partial charge on any atom is -0.381 e. The SMILES string of the molecule is CN1CCC(Nc2ccc(=O)n(C)c2)CC1. The van der Waals surface area contributed by atoms with Crippen molar-refractivity contribution < 1.29 is 0 Å². The molecule has 1 fully saturated rings. The second-order valence-electron chi connectivity index (χ2n) is 4.59. The van der Waals surface area contributed by atoms with Crippen molar-refractivity contribution in [3.63, 3.8) is 0 Å². The Hall–Kier alpha value is -1.29. The Kier molecular flexibility index (Phi) is 3.29. The molecule has 0 amide bonds. The van der Waals surface area contributed by atoms with Crippen LogP contribution in [0.4, 0.5) is 5.69 Å². The molecule has 1 N–H and O–H groups in total. The van der Waals surface area contributed by atoms with Gasteiger partial charge in [-0.1, -0.05) is 0 Å². The maximum absolute atomic E-state index is 11.2. The molecule has 16 heavy (non-hydrogen) atoms. The lowest BCUT2D eigenvalue weighted by Crippen LogP contribution is -2.36. The van der Waals surface area contributed by atoms with Crippen molar-refractivity contribution in [3.8, 4) is 0 Å². The van der Waals surface area contributed by atoms with Crippen LogP contribution in [-0.2, 0) is 7.05 Å². The smallest absolute Gasteiger partial charge is 0.250 e. The first-order valence-corrected chi connectivity index (χ1v) is 5.77. The number of aromatic nitrogens is 1. The van der Waals surface area contributed by atoms with Gasteiger partial charge in [-0.15, -0.1) is 0 Å². The van der Waals surface area contributed by atoms with Crippen molar-refractivity contribution in [2.75, 3.05) is 25.5 Å². The van der Waals surface area contributed by atoms with Gasteiger partial charge in [0.2, 0.25) is 5.56 Å². The molecule has 1 saturated heterocycles. The van der Waals surface area contributed by atoms with Crippen LogP contribution in [0.5, 0.6) is 0 Å². The number of nitrogens with zero attached hydrogens (tertiary/aromatic N) is 2. The predicted octanol–water partition coefficient (Wildman–Crippen LogP) is 0.891. The van der Waals surface area contributed by atoms with Crippen LogP contribution < -0.4 is 10.9 Å². The van der Waals surface area contributed by atoms with Gasteiger partial charge in [-0.2, -0.15) is 0 Å². The van der Waals surface area contributed by atoms with Crippen molar-refractivity contribution in [1.29, 1.82) is 0 Å². The third kappa shape index (κ3) is 2.64. The first-order chi connectivity index (χ1) is 7.65. The molecule has 2 heterocycles. The normalized spacial score (nSPS) is 18.6. The summed E-state index contributed by atoms with van der Waals surface area (Å²) in [5.41, 5.74) is 1.07. The van der Waals surface area contributed by atoms with E-state index in [2.05, 4.69) is 17.3 Å². The Labute approximate surface area is 95.9 Å². The van der Waals surface area contributed by atoms with Gasteiger partial charge >= 0.3 is 0 Å². The lowest BCUT2D eigenvalue weighted by Gasteiger charge is -2.30. The van der Waals surface area contributed by atoms with E-state index in [1.807, 2.05) is 12.3 Å². The summed E-state index contributed by atoms with van der Waals surface area (Å²) in [6.45, 7) is 2.28. The molecule has 0 radical (unpaired) electrons. The summed E-state index contributed by atoms with van der Waals surface area (Å²) in [4.78, 5) is 13.6. The lowest BCUT2D eigenvalue weighted by molar-refractivity contribution is 0.264. The number of pyridine rings is 1. The highest BCUT2D eigenvalue weighted by atomic mass is 16.1.